The summed E-state index contributed by atoms with van der Waals surface area (Å²) in [5.41, 5.74) is 0. The first kappa shape index (κ1) is 14.2. The van der Waals surface area contributed by atoms with Crippen LogP contribution < -0.4 is 10.0 Å². The first-order valence-corrected chi connectivity index (χ1v) is 7.06. The van der Waals surface area contributed by atoms with E-state index >= 15 is 0 Å². The van der Waals surface area contributed by atoms with Crippen LogP contribution in [0.1, 0.15) is 26.2 Å². The second kappa shape index (κ2) is 5.64. The van der Waals surface area contributed by atoms with Crippen LogP contribution in [0.5, 0.6) is 0 Å². The first-order valence-electron chi connectivity index (χ1n) is 5.62. The van der Waals surface area contributed by atoms with Gasteiger partial charge in [0.1, 0.15) is 0 Å². The predicted octanol–water partition coefficient (Wildman–Crippen LogP) is 0.0888. The largest absolute Gasteiger partial charge is 0.309 e. The van der Waals surface area contributed by atoms with Crippen LogP contribution in [0.2, 0.25) is 0 Å². The second-order valence-corrected chi connectivity index (χ2v) is 6.07. The molecule has 0 aromatic rings. The average molecular weight is 270 g/mol. The Morgan fingerprint density at radius 1 is 1.31 bits per heavy atom. The summed E-state index contributed by atoms with van der Waals surface area (Å²) in [5.74, 6) is 0. The van der Waals surface area contributed by atoms with E-state index in [-0.39, 0.29) is 12.4 Å². The van der Waals surface area contributed by atoms with Gasteiger partial charge in [0.15, 0.2) is 0 Å². The number of hydrogen-bond donors (Lipinski definition) is 2. The standard InChI is InChI=1S/C9H19N3O2S.ClH/c1-2-10-15(13,14)12-6-8-4-3-5-9(7-12)11-8;/h8-11H,2-7H2,1H3;1H. The minimum Gasteiger partial charge on any atom is -0.309 e. The van der Waals surface area contributed by atoms with Crippen molar-refractivity contribution in [3.63, 3.8) is 0 Å². The van der Waals surface area contributed by atoms with Crippen LogP contribution in [0.15, 0.2) is 0 Å². The maximum absolute atomic E-state index is 11.8. The highest BCUT2D eigenvalue weighted by Gasteiger charge is 2.34. The monoisotopic (exact) mass is 269 g/mol. The summed E-state index contributed by atoms with van der Waals surface area (Å²) in [7, 11) is -3.23. The second-order valence-electron chi connectivity index (χ2n) is 4.31. The molecule has 2 saturated heterocycles. The zero-order valence-electron chi connectivity index (χ0n) is 9.48. The molecule has 0 aromatic carbocycles. The van der Waals surface area contributed by atoms with Crippen molar-refractivity contribution in [2.24, 2.45) is 0 Å². The third-order valence-corrected chi connectivity index (χ3v) is 4.72. The third kappa shape index (κ3) is 3.07. The normalized spacial score (nSPS) is 30.8. The fourth-order valence-corrected chi connectivity index (χ4v) is 3.73. The lowest BCUT2D eigenvalue weighted by Gasteiger charge is -2.41. The highest BCUT2D eigenvalue weighted by molar-refractivity contribution is 7.87. The van der Waals surface area contributed by atoms with Crippen molar-refractivity contribution in [2.45, 2.75) is 38.3 Å². The molecular weight excluding hydrogens is 250 g/mol. The number of rotatable bonds is 3. The maximum atomic E-state index is 11.8. The van der Waals surface area contributed by atoms with Crippen LogP contribution in [0.4, 0.5) is 0 Å². The van der Waals surface area contributed by atoms with Gasteiger partial charge in [-0.3, -0.25) is 0 Å². The van der Waals surface area contributed by atoms with Gasteiger partial charge in [-0.25, -0.2) is 4.72 Å². The fraction of sp³-hybridized carbons (Fsp3) is 1.00. The van der Waals surface area contributed by atoms with Gasteiger partial charge in [-0.2, -0.15) is 12.7 Å². The van der Waals surface area contributed by atoms with Crippen LogP contribution in [0.25, 0.3) is 0 Å². The summed E-state index contributed by atoms with van der Waals surface area (Å²) in [5, 5.41) is 3.46. The summed E-state index contributed by atoms with van der Waals surface area (Å²) in [6, 6.07) is 0.705. The molecule has 96 valence electrons. The lowest BCUT2D eigenvalue weighted by molar-refractivity contribution is 0.189. The minimum absolute atomic E-state index is 0. The summed E-state index contributed by atoms with van der Waals surface area (Å²) in [6.45, 7) is 3.50. The van der Waals surface area contributed by atoms with E-state index in [4.69, 9.17) is 0 Å². The van der Waals surface area contributed by atoms with E-state index in [0.29, 0.717) is 31.7 Å². The smallest absolute Gasteiger partial charge is 0.279 e. The number of nitrogens with zero attached hydrogens (tertiary/aromatic N) is 1. The van der Waals surface area contributed by atoms with Gasteiger partial charge in [0, 0.05) is 31.7 Å². The van der Waals surface area contributed by atoms with E-state index in [0.717, 1.165) is 12.8 Å². The summed E-state index contributed by atoms with van der Waals surface area (Å²) < 4.78 is 27.7. The summed E-state index contributed by atoms with van der Waals surface area (Å²) in [4.78, 5) is 0. The molecular formula is C9H20ClN3O2S. The van der Waals surface area contributed by atoms with Crippen molar-refractivity contribution >= 4 is 22.6 Å². The molecule has 5 nitrogen and oxygen atoms in total. The summed E-state index contributed by atoms with van der Waals surface area (Å²) >= 11 is 0. The molecule has 16 heavy (non-hydrogen) atoms. The molecule has 7 heteroatoms. The molecule has 0 spiro atoms. The number of piperazine rings is 1. The zero-order valence-corrected chi connectivity index (χ0v) is 11.1. The highest BCUT2D eigenvalue weighted by Crippen LogP contribution is 2.20. The Kier molecular flexibility index (Phi) is 5.00. The third-order valence-electron chi connectivity index (χ3n) is 3.09. The average Bonchev–Trinajstić information content (AvgIpc) is 2.17. The van der Waals surface area contributed by atoms with Crippen LogP contribution in [0, 0.1) is 0 Å². The Balaban J connectivity index is 0.00000128. The van der Waals surface area contributed by atoms with Gasteiger partial charge >= 0.3 is 0 Å². The van der Waals surface area contributed by atoms with Gasteiger partial charge in [0.25, 0.3) is 10.2 Å². The topological polar surface area (TPSA) is 61.4 Å². The SMILES string of the molecule is CCNS(=O)(=O)N1CC2CCCC(C1)N2.Cl. The lowest BCUT2D eigenvalue weighted by Crippen LogP contribution is -2.61. The van der Waals surface area contributed by atoms with Gasteiger partial charge in [-0.1, -0.05) is 13.3 Å². The molecule has 0 saturated carbocycles. The van der Waals surface area contributed by atoms with Crippen molar-refractivity contribution in [1.29, 1.82) is 0 Å². The molecule has 0 amide bonds. The van der Waals surface area contributed by atoms with Gasteiger partial charge in [0.05, 0.1) is 0 Å². The lowest BCUT2D eigenvalue weighted by atomic mass is 9.96. The molecule has 2 bridgehead atoms. The van der Waals surface area contributed by atoms with Gasteiger partial charge in [-0.05, 0) is 12.8 Å². The molecule has 0 aliphatic carbocycles. The Hall–Kier alpha value is 0.120. The van der Waals surface area contributed by atoms with E-state index in [1.807, 2.05) is 0 Å². The number of halogens is 1. The summed E-state index contributed by atoms with van der Waals surface area (Å²) in [6.07, 6.45) is 3.40. The maximum Gasteiger partial charge on any atom is 0.279 e. The highest BCUT2D eigenvalue weighted by atomic mass is 35.5. The van der Waals surface area contributed by atoms with Gasteiger partial charge in [0.2, 0.25) is 0 Å². The van der Waals surface area contributed by atoms with E-state index in [1.165, 1.54) is 6.42 Å². The Morgan fingerprint density at radius 3 is 2.38 bits per heavy atom. The Morgan fingerprint density at radius 2 is 1.88 bits per heavy atom. The molecule has 2 fully saturated rings. The van der Waals surface area contributed by atoms with Crippen molar-refractivity contribution in [3.8, 4) is 0 Å². The quantitative estimate of drug-likeness (QED) is 0.763. The molecule has 2 heterocycles. The van der Waals surface area contributed by atoms with Crippen LogP contribution >= 0.6 is 12.4 Å². The van der Waals surface area contributed by atoms with Crippen molar-refractivity contribution < 1.29 is 8.42 Å². The zero-order chi connectivity index (χ0) is 10.9. The van der Waals surface area contributed by atoms with Crippen LogP contribution in [-0.4, -0.2) is 44.4 Å². The molecule has 2 atom stereocenters. The van der Waals surface area contributed by atoms with Gasteiger partial charge < -0.3 is 5.32 Å². The van der Waals surface area contributed by atoms with Crippen LogP contribution in [0.3, 0.4) is 0 Å². The molecule has 2 aliphatic heterocycles. The Bertz CT molecular complexity index is 311. The molecule has 2 rings (SSSR count). The van der Waals surface area contributed by atoms with Crippen molar-refractivity contribution in [3.05, 3.63) is 0 Å². The number of fused-ring (bicyclic) bond motifs is 2. The van der Waals surface area contributed by atoms with E-state index in [9.17, 15) is 8.42 Å². The van der Waals surface area contributed by atoms with Gasteiger partial charge in [-0.15, -0.1) is 12.4 Å². The van der Waals surface area contributed by atoms with Crippen LogP contribution in [-0.2, 0) is 10.2 Å². The molecule has 0 radical (unpaired) electrons. The van der Waals surface area contributed by atoms with E-state index < -0.39 is 10.2 Å². The van der Waals surface area contributed by atoms with Crippen molar-refractivity contribution in [2.75, 3.05) is 19.6 Å². The first-order chi connectivity index (χ1) is 7.12. The molecule has 2 N–H and O–H groups in total. The van der Waals surface area contributed by atoms with E-state index in [1.54, 1.807) is 11.2 Å². The Labute approximate surface area is 104 Å². The molecule has 2 unspecified atom stereocenters. The number of piperidine rings is 1. The number of hydrogen-bond acceptors (Lipinski definition) is 3. The van der Waals surface area contributed by atoms with E-state index in [2.05, 4.69) is 10.0 Å². The molecule has 2 aliphatic rings. The molecule has 0 aromatic heterocycles. The van der Waals surface area contributed by atoms with Crippen molar-refractivity contribution in [1.82, 2.24) is 14.3 Å². The number of nitrogens with one attached hydrogen (secondary N) is 2. The minimum atomic E-state index is -3.23. The fourth-order valence-electron chi connectivity index (χ4n) is 2.43. The predicted molar refractivity (Wildman–Crippen MR) is 66.0 cm³/mol.